The molecule has 0 radical (unpaired) electrons. The lowest BCUT2D eigenvalue weighted by Gasteiger charge is -2.57. The molecule has 5 atom stereocenters. The zero-order chi connectivity index (χ0) is 32.6. The number of hydrogen-bond donors (Lipinski definition) is 7. The van der Waals surface area contributed by atoms with Crippen LogP contribution in [-0.4, -0.2) is 91.9 Å². The molecule has 0 aliphatic heterocycles. The number of hydrogen-bond acceptors (Lipinski definition) is 8. The molecule has 8 nitrogen and oxygen atoms in total. The first-order valence-electron chi connectivity index (χ1n) is 16.6. The summed E-state index contributed by atoms with van der Waals surface area (Å²) in [6.45, 7) is 11.5. The van der Waals surface area contributed by atoms with Gasteiger partial charge in [0.25, 0.3) is 0 Å². The fourth-order valence-corrected chi connectivity index (χ4v) is 7.62. The summed E-state index contributed by atoms with van der Waals surface area (Å²) in [7, 11) is 3.82. The number of carbonyl (C=O) groups excluding carboxylic acids is 1. The van der Waals surface area contributed by atoms with Crippen LogP contribution < -0.4 is 16.0 Å². The molecule has 7 N–H and O–H groups in total. The third kappa shape index (κ3) is 9.79. The van der Waals surface area contributed by atoms with Gasteiger partial charge in [-0.25, -0.2) is 0 Å². The number of nitrogens with one attached hydrogen (secondary N) is 3. The second-order valence-electron chi connectivity index (χ2n) is 12.9. The molecule has 0 saturated heterocycles. The quantitative estimate of drug-likeness (QED) is 0.0362. The maximum absolute atomic E-state index is 12.3. The van der Waals surface area contributed by atoms with Gasteiger partial charge in [0.15, 0.2) is 0 Å². The number of rotatable bonds is 20. The van der Waals surface area contributed by atoms with Crippen LogP contribution in [0.25, 0.3) is 0 Å². The minimum Gasteiger partial charge on any atom is -0.396 e. The van der Waals surface area contributed by atoms with Crippen LogP contribution in [0.5, 0.6) is 0 Å². The van der Waals surface area contributed by atoms with Crippen molar-refractivity contribution in [2.24, 2.45) is 17.3 Å². The summed E-state index contributed by atoms with van der Waals surface area (Å²) >= 11 is 0. The summed E-state index contributed by atoms with van der Waals surface area (Å²) < 4.78 is 0. The van der Waals surface area contributed by atoms with E-state index in [1.54, 1.807) is 0 Å². The van der Waals surface area contributed by atoms with Crippen molar-refractivity contribution in [2.75, 3.05) is 53.5 Å². The summed E-state index contributed by atoms with van der Waals surface area (Å²) in [5, 5.41) is 54.4. The SMILES string of the molecule is C=C(C=CC=C(CO)C1CCC2(C(CCCO)C(=C(C)C=O)CCC2(O)CCNC)C1O)CCC=C(C)CNCCCNC. The van der Waals surface area contributed by atoms with E-state index in [4.69, 9.17) is 0 Å². The lowest BCUT2D eigenvalue weighted by atomic mass is 9.51. The molecule has 0 bridgehead atoms. The standard InChI is InChI=1S/C36H61N3O5/c1-27(10-6-12-28(2)24-39-21-9-20-37-4)11-7-13-30(26-42)32-16-18-36(34(32)43)33(14-8-23-40)31(29(3)25-41)15-17-35(36,44)19-22-38-5/h7,11-13,25,32-34,37-40,42-44H,1,6,8-10,14-24,26H2,2-5H3. The Morgan fingerprint density at radius 2 is 1.84 bits per heavy atom. The number of aldehydes is 1. The van der Waals surface area contributed by atoms with E-state index >= 15 is 0 Å². The summed E-state index contributed by atoms with van der Waals surface area (Å²) in [5.74, 6) is -0.552. The molecule has 0 amide bonds. The molecule has 0 aromatic carbocycles. The summed E-state index contributed by atoms with van der Waals surface area (Å²) in [6.07, 6.45) is 14.7. The summed E-state index contributed by atoms with van der Waals surface area (Å²) in [5.41, 5.74) is 2.66. The Labute approximate surface area is 266 Å². The molecule has 2 rings (SSSR count). The molecular formula is C36H61N3O5. The Kier molecular flexibility index (Phi) is 17.0. The van der Waals surface area contributed by atoms with E-state index in [9.17, 15) is 25.2 Å². The first-order chi connectivity index (χ1) is 21.1. The Morgan fingerprint density at radius 3 is 2.50 bits per heavy atom. The molecule has 1 spiro atoms. The average molecular weight is 616 g/mol. The molecular weight excluding hydrogens is 554 g/mol. The summed E-state index contributed by atoms with van der Waals surface area (Å²) in [6, 6.07) is 0. The second-order valence-corrected chi connectivity index (χ2v) is 12.9. The van der Waals surface area contributed by atoms with Gasteiger partial charge in [0.2, 0.25) is 0 Å². The van der Waals surface area contributed by atoms with Gasteiger partial charge < -0.3 is 36.4 Å². The normalized spacial score (nSPS) is 29.1. The Bertz CT molecular complexity index is 1030. The van der Waals surface area contributed by atoms with Crippen molar-refractivity contribution in [3.05, 3.63) is 58.7 Å². The molecule has 2 fully saturated rings. The number of aliphatic hydroxyl groups is 4. The molecule has 5 unspecified atom stereocenters. The molecule has 44 heavy (non-hydrogen) atoms. The molecule has 0 aromatic heterocycles. The van der Waals surface area contributed by atoms with E-state index in [-0.39, 0.29) is 25.0 Å². The van der Waals surface area contributed by atoms with Crippen LogP contribution in [0.15, 0.2) is 58.7 Å². The largest absolute Gasteiger partial charge is 0.396 e. The van der Waals surface area contributed by atoms with E-state index in [1.807, 2.05) is 39.2 Å². The Hall–Kier alpha value is -1.91. The van der Waals surface area contributed by atoms with Crippen molar-refractivity contribution < 1.29 is 25.2 Å². The zero-order valence-corrected chi connectivity index (χ0v) is 27.8. The minimum atomic E-state index is -1.14. The summed E-state index contributed by atoms with van der Waals surface area (Å²) in [4.78, 5) is 11.9. The number of carbonyl (C=O) groups is 1. The van der Waals surface area contributed by atoms with E-state index in [0.29, 0.717) is 57.1 Å². The van der Waals surface area contributed by atoms with Crippen molar-refractivity contribution in [1.82, 2.24) is 16.0 Å². The fraction of sp³-hybridized carbons (Fsp3) is 0.694. The van der Waals surface area contributed by atoms with Crippen LogP contribution in [0.1, 0.15) is 78.1 Å². The van der Waals surface area contributed by atoms with Crippen molar-refractivity contribution in [3.63, 3.8) is 0 Å². The molecule has 8 heteroatoms. The highest BCUT2D eigenvalue weighted by atomic mass is 16.3. The third-order valence-corrected chi connectivity index (χ3v) is 10.1. The molecule has 0 aromatic rings. The van der Waals surface area contributed by atoms with Gasteiger partial charge >= 0.3 is 0 Å². The average Bonchev–Trinajstić information content (AvgIpc) is 3.36. The topological polar surface area (TPSA) is 134 Å². The second kappa shape index (κ2) is 19.6. The van der Waals surface area contributed by atoms with Crippen LogP contribution in [-0.2, 0) is 4.79 Å². The van der Waals surface area contributed by atoms with Crippen LogP contribution in [0.2, 0.25) is 0 Å². The maximum Gasteiger partial charge on any atom is 0.145 e. The van der Waals surface area contributed by atoms with Crippen molar-refractivity contribution in [3.8, 4) is 0 Å². The lowest BCUT2D eigenvalue weighted by molar-refractivity contribution is -0.180. The van der Waals surface area contributed by atoms with E-state index in [1.165, 1.54) is 5.57 Å². The van der Waals surface area contributed by atoms with Crippen molar-refractivity contribution in [2.45, 2.75) is 89.8 Å². The smallest absolute Gasteiger partial charge is 0.145 e. The van der Waals surface area contributed by atoms with Gasteiger partial charge in [-0.1, -0.05) is 47.6 Å². The number of aliphatic hydroxyl groups excluding tert-OH is 3. The first kappa shape index (κ1) is 38.3. The third-order valence-electron chi connectivity index (χ3n) is 10.1. The molecule has 0 heterocycles. The lowest BCUT2D eigenvalue weighted by Crippen LogP contribution is -2.61. The fourth-order valence-electron chi connectivity index (χ4n) is 7.62. The Balaban J connectivity index is 2.22. The van der Waals surface area contributed by atoms with Crippen molar-refractivity contribution >= 4 is 6.29 Å². The van der Waals surface area contributed by atoms with Gasteiger partial charge in [-0.05, 0) is 129 Å². The van der Waals surface area contributed by atoms with Crippen LogP contribution >= 0.6 is 0 Å². The Morgan fingerprint density at radius 1 is 1.09 bits per heavy atom. The molecule has 2 aliphatic rings. The highest BCUT2D eigenvalue weighted by Crippen LogP contribution is 2.63. The van der Waals surface area contributed by atoms with Gasteiger partial charge in [0.1, 0.15) is 6.29 Å². The highest BCUT2D eigenvalue weighted by Gasteiger charge is 2.65. The van der Waals surface area contributed by atoms with Gasteiger partial charge in [-0.15, -0.1) is 0 Å². The van der Waals surface area contributed by atoms with Gasteiger partial charge in [-0.2, -0.15) is 0 Å². The van der Waals surface area contributed by atoms with Crippen LogP contribution in [0.4, 0.5) is 0 Å². The minimum absolute atomic E-state index is 0.00809. The van der Waals surface area contributed by atoms with Crippen LogP contribution in [0, 0.1) is 17.3 Å². The van der Waals surface area contributed by atoms with Gasteiger partial charge in [0, 0.05) is 24.5 Å². The first-order valence-corrected chi connectivity index (χ1v) is 16.6. The van der Waals surface area contributed by atoms with E-state index in [0.717, 1.165) is 61.9 Å². The predicted octanol–water partition coefficient (Wildman–Crippen LogP) is 3.74. The zero-order valence-electron chi connectivity index (χ0n) is 27.8. The van der Waals surface area contributed by atoms with E-state index in [2.05, 4.69) is 35.5 Å². The van der Waals surface area contributed by atoms with E-state index < -0.39 is 17.1 Å². The number of allylic oxidation sites excluding steroid dienone is 7. The van der Waals surface area contributed by atoms with Gasteiger partial charge in [-0.3, -0.25) is 4.79 Å². The van der Waals surface area contributed by atoms with Gasteiger partial charge in [0.05, 0.1) is 18.3 Å². The maximum atomic E-state index is 12.3. The molecule has 250 valence electrons. The molecule has 2 aliphatic carbocycles. The predicted molar refractivity (Wildman–Crippen MR) is 180 cm³/mol. The highest BCUT2D eigenvalue weighted by molar-refractivity contribution is 5.74. The van der Waals surface area contributed by atoms with Crippen molar-refractivity contribution in [1.29, 1.82) is 0 Å². The van der Waals surface area contributed by atoms with Crippen LogP contribution in [0.3, 0.4) is 0 Å². The monoisotopic (exact) mass is 615 g/mol. The molecule has 2 saturated carbocycles.